The highest BCUT2D eigenvalue weighted by atomic mass is 16.4. The molecular formula is C10H15NO3. The fraction of sp³-hybridized carbons (Fsp3) is 0.500. The lowest BCUT2D eigenvalue weighted by atomic mass is 10.2. The summed E-state index contributed by atoms with van der Waals surface area (Å²) in [6.45, 7) is 3.78. The number of hydrogen-bond donors (Lipinski definition) is 2. The van der Waals surface area contributed by atoms with Crippen LogP contribution in [0.1, 0.15) is 32.1 Å². The highest BCUT2D eigenvalue weighted by Gasteiger charge is 2.13. The maximum Gasteiger partial charge on any atom is 0.304 e. The molecule has 0 radical (unpaired) electrons. The van der Waals surface area contributed by atoms with Crippen LogP contribution in [-0.4, -0.2) is 17.1 Å². The predicted molar refractivity (Wildman–Crippen MR) is 52.0 cm³/mol. The highest BCUT2D eigenvalue weighted by Crippen LogP contribution is 2.13. The molecule has 1 rings (SSSR count). The fourth-order valence-corrected chi connectivity index (χ4v) is 1.37. The van der Waals surface area contributed by atoms with E-state index in [0.717, 1.165) is 5.76 Å². The molecule has 0 saturated carbocycles. The van der Waals surface area contributed by atoms with Crippen LogP contribution in [0.25, 0.3) is 0 Å². The molecular weight excluding hydrogens is 182 g/mol. The first kappa shape index (κ1) is 10.8. The van der Waals surface area contributed by atoms with Gasteiger partial charge in [-0.15, -0.1) is 0 Å². The molecule has 0 saturated heterocycles. The first-order valence-corrected chi connectivity index (χ1v) is 4.61. The van der Waals surface area contributed by atoms with Crippen molar-refractivity contribution >= 4 is 5.97 Å². The normalized spacial score (nSPS) is 15.0. The summed E-state index contributed by atoms with van der Waals surface area (Å²) in [4.78, 5) is 10.4. The van der Waals surface area contributed by atoms with Crippen molar-refractivity contribution in [3.05, 3.63) is 24.2 Å². The molecule has 0 amide bonds. The van der Waals surface area contributed by atoms with Crippen LogP contribution in [0.15, 0.2) is 22.8 Å². The van der Waals surface area contributed by atoms with Crippen molar-refractivity contribution in [1.82, 2.24) is 5.32 Å². The third-order valence-electron chi connectivity index (χ3n) is 1.99. The Hall–Kier alpha value is -1.29. The van der Waals surface area contributed by atoms with E-state index >= 15 is 0 Å². The van der Waals surface area contributed by atoms with E-state index in [-0.39, 0.29) is 18.5 Å². The van der Waals surface area contributed by atoms with E-state index in [9.17, 15) is 4.79 Å². The second-order valence-electron chi connectivity index (χ2n) is 3.40. The molecule has 0 bridgehead atoms. The summed E-state index contributed by atoms with van der Waals surface area (Å²) in [5, 5.41) is 11.7. The third kappa shape index (κ3) is 3.22. The summed E-state index contributed by atoms with van der Waals surface area (Å²) in [5.74, 6) is 0.0267. The summed E-state index contributed by atoms with van der Waals surface area (Å²) in [7, 11) is 0. The van der Waals surface area contributed by atoms with Gasteiger partial charge in [-0.25, -0.2) is 0 Å². The van der Waals surface area contributed by atoms with Crippen LogP contribution in [0.2, 0.25) is 0 Å². The zero-order chi connectivity index (χ0) is 10.6. The zero-order valence-corrected chi connectivity index (χ0v) is 8.36. The molecule has 0 aliphatic heterocycles. The minimum absolute atomic E-state index is 0.0411. The van der Waals surface area contributed by atoms with Gasteiger partial charge in [0.1, 0.15) is 5.76 Å². The second kappa shape index (κ2) is 4.81. The van der Waals surface area contributed by atoms with Crippen molar-refractivity contribution in [2.24, 2.45) is 0 Å². The van der Waals surface area contributed by atoms with E-state index < -0.39 is 5.97 Å². The van der Waals surface area contributed by atoms with Crippen molar-refractivity contribution in [2.75, 3.05) is 0 Å². The van der Waals surface area contributed by atoms with Crippen molar-refractivity contribution in [2.45, 2.75) is 32.4 Å². The van der Waals surface area contributed by atoms with E-state index in [1.807, 2.05) is 26.0 Å². The van der Waals surface area contributed by atoms with Crippen LogP contribution >= 0.6 is 0 Å². The number of hydrogen-bond acceptors (Lipinski definition) is 3. The van der Waals surface area contributed by atoms with E-state index in [0.29, 0.717) is 0 Å². The van der Waals surface area contributed by atoms with Gasteiger partial charge in [-0.2, -0.15) is 0 Å². The Kier molecular flexibility index (Phi) is 3.71. The van der Waals surface area contributed by atoms with Gasteiger partial charge in [-0.1, -0.05) is 0 Å². The van der Waals surface area contributed by atoms with Crippen molar-refractivity contribution in [3.8, 4) is 0 Å². The number of carboxylic acid groups (broad SMARTS) is 1. The smallest absolute Gasteiger partial charge is 0.304 e. The van der Waals surface area contributed by atoms with Crippen molar-refractivity contribution in [1.29, 1.82) is 0 Å². The molecule has 2 N–H and O–H groups in total. The summed E-state index contributed by atoms with van der Waals surface area (Å²) >= 11 is 0. The maximum absolute atomic E-state index is 10.4. The van der Waals surface area contributed by atoms with Crippen LogP contribution in [0.4, 0.5) is 0 Å². The van der Waals surface area contributed by atoms with Crippen LogP contribution < -0.4 is 5.32 Å². The molecule has 1 unspecified atom stereocenters. The summed E-state index contributed by atoms with van der Waals surface area (Å²) in [5.41, 5.74) is 0. The predicted octanol–water partition coefficient (Wildman–Crippen LogP) is 1.79. The van der Waals surface area contributed by atoms with E-state index in [1.165, 1.54) is 0 Å². The molecule has 4 heteroatoms. The van der Waals surface area contributed by atoms with Gasteiger partial charge < -0.3 is 14.8 Å². The monoisotopic (exact) mass is 197 g/mol. The minimum Gasteiger partial charge on any atom is -0.481 e. The minimum atomic E-state index is -0.795. The van der Waals surface area contributed by atoms with Crippen LogP contribution in [-0.2, 0) is 4.79 Å². The Morgan fingerprint density at radius 1 is 1.64 bits per heavy atom. The molecule has 4 nitrogen and oxygen atoms in total. The Balaban J connectivity index is 2.41. The van der Waals surface area contributed by atoms with Crippen molar-refractivity contribution < 1.29 is 14.3 Å². The number of carbonyl (C=O) groups is 1. The maximum atomic E-state index is 10.4. The number of carboxylic acids is 1. The molecule has 0 aliphatic rings. The standard InChI is InChI=1S/C10H15NO3/c1-7(6-10(12)13)11-8(2)9-4-3-5-14-9/h3-5,7-8,11H,6H2,1-2H3,(H,12,13)/t7?,8-/m0/s1. The Labute approximate surface area is 82.9 Å². The van der Waals surface area contributed by atoms with Crippen LogP contribution in [0.5, 0.6) is 0 Å². The number of rotatable bonds is 5. The number of aliphatic carboxylic acids is 1. The average molecular weight is 197 g/mol. The largest absolute Gasteiger partial charge is 0.481 e. The second-order valence-corrected chi connectivity index (χ2v) is 3.40. The Morgan fingerprint density at radius 3 is 2.86 bits per heavy atom. The van der Waals surface area contributed by atoms with Crippen molar-refractivity contribution in [3.63, 3.8) is 0 Å². The van der Waals surface area contributed by atoms with Crippen LogP contribution in [0.3, 0.4) is 0 Å². The third-order valence-corrected chi connectivity index (χ3v) is 1.99. The first-order valence-electron chi connectivity index (χ1n) is 4.61. The van der Waals surface area contributed by atoms with Crippen LogP contribution in [0, 0.1) is 0 Å². The van der Waals surface area contributed by atoms with Gasteiger partial charge >= 0.3 is 5.97 Å². The zero-order valence-electron chi connectivity index (χ0n) is 8.36. The van der Waals surface area contributed by atoms with Gasteiger partial charge in [0, 0.05) is 6.04 Å². The van der Waals surface area contributed by atoms with E-state index in [2.05, 4.69) is 5.32 Å². The molecule has 0 aromatic carbocycles. The van der Waals surface area contributed by atoms with Gasteiger partial charge in [-0.3, -0.25) is 4.79 Å². The van der Waals surface area contributed by atoms with Gasteiger partial charge in [0.25, 0.3) is 0 Å². The molecule has 0 spiro atoms. The quantitative estimate of drug-likeness (QED) is 0.755. The van der Waals surface area contributed by atoms with Gasteiger partial charge in [0.05, 0.1) is 18.7 Å². The Morgan fingerprint density at radius 2 is 2.36 bits per heavy atom. The summed E-state index contributed by atoms with van der Waals surface area (Å²) in [6.07, 6.45) is 1.72. The lowest BCUT2D eigenvalue weighted by molar-refractivity contribution is -0.137. The van der Waals surface area contributed by atoms with Gasteiger partial charge in [-0.05, 0) is 26.0 Å². The lowest BCUT2D eigenvalue weighted by Crippen LogP contribution is -2.30. The highest BCUT2D eigenvalue weighted by molar-refractivity contribution is 5.67. The van der Waals surface area contributed by atoms with E-state index in [1.54, 1.807) is 6.26 Å². The molecule has 1 aromatic rings. The summed E-state index contributed by atoms with van der Waals surface area (Å²) < 4.78 is 5.19. The Bertz CT molecular complexity index is 282. The molecule has 0 fully saturated rings. The first-order chi connectivity index (χ1) is 6.59. The van der Waals surface area contributed by atoms with Gasteiger partial charge in [0.15, 0.2) is 0 Å². The average Bonchev–Trinajstić information content (AvgIpc) is 2.53. The van der Waals surface area contributed by atoms with Gasteiger partial charge in [0.2, 0.25) is 0 Å². The molecule has 1 aromatic heterocycles. The molecule has 2 atom stereocenters. The SMILES string of the molecule is CC(CC(=O)O)N[C@@H](C)c1ccco1. The topological polar surface area (TPSA) is 62.5 Å². The molecule has 14 heavy (non-hydrogen) atoms. The number of furan rings is 1. The number of nitrogens with one attached hydrogen (secondary N) is 1. The van der Waals surface area contributed by atoms with E-state index in [4.69, 9.17) is 9.52 Å². The fourth-order valence-electron chi connectivity index (χ4n) is 1.37. The molecule has 0 aliphatic carbocycles. The summed E-state index contributed by atoms with van der Waals surface area (Å²) in [6, 6.07) is 3.66. The lowest BCUT2D eigenvalue weighted by Gasteiger charge is -2.16. The molecule has 78 valence electrons. The molecule has 1 heterocycles.